The maximum absolute atomic E-state index is 13.9. The lowest BCUT2D eigenvalue weighted by molar-refractivity contribution is 0.404. The van der Waals surface area contributed by atoms with E-state index in [9.17, 15) is 9.50 Å². The van der Waals surface area contributed by atoms with Crippen molar-refractivity contribution in [3.63, 3.8) is 0 Å². The van der Waals surface area contributed by atoms with E-state index < -0.39 is 5.41 Å². The summed E-state index contributed by atoms with van der Waals surface area (Å²) in [5.74, 6) is -0.108. The van der Waals surface area contributed by atoms with E-state index in [0.29, 0.717) is 5.56 Å². The highest BCUT2D eigenvalue weighted by atomic mass is 19.1. The number of aromatic hydroxyl groups is 1. The monoisotopic (exact) mass is 295 g/mol. The third kappa shape index (κ3) is 2.23. The van der Waals surface area contributed by atoms with Gasteiger partial charge in [-0.05, 0) is 48.2 Å². The van der Waals surface area contributed by atoms with Gasteiger partial charge in [-0.25, -0.2) is 4.39 Å². The van der Waals surface area contributed by atoms with E-state index in [1.807, 2.05) is 30.4 Å². The molecule has 0 spiro atoms. The second-order valence-corrected chi connectivity index (χ2v) is 5.53. The molecule has 1 N–H and O–H groups in total. The van der Waals surface area contributed by atoms with Crippen LogP contribution in [0.25, 0.3) is 0 Å². The van der Waals surface area contributed by atoms with Crippen molar-refractivity contribution >= 4 is 0 Å². The molecule has 0 radical (unpaired) electrons. The molecule has 1 aromatic carbocycles. The van der Waals surface area contributed by atoms with E-state index in [2.05, 4.69) is 18.0 Å². The second kappa shape index (κ2) is 5.76. The van der Waals surface area contributed by atoms with Crippen LogP contribution in [0.3, 0.4) is 0 Å². The Hall–Kier alpha value is -2.42. The van der Waals surface area contributed by atoms with E-state index in [1.54, 1.807) is 12.4 Å². The number of hydrogen-bond donors (Lipinski definition) is 1. The summed E-state index contributed by atoms with van der Waals surface area (Å²) in [5.41, 5.74) is 1.00. The van der Waals surface area contributed by atoms with Crippen molar-refractivity contribution in [2.24, 2.45) is 5.92 Å². The number of benzene rings is 1. The average Bonchev–Trinajstić information content (AvgIpc) is 2.57. The van der Waals surface area contributed by atoms with Gasteiger partial charge in [0.25, 0.3) is 0 Å². The molecule has 1 aromatic heterocycles. The zero-order valence-electron chi connectivity index (χ0n) is 12.4. The third-order valence-corrected chi connectivity index (χ3v) is 4.40. The van der Waals surface area contributed by atoms with Gasteiger partial charge in [-0.15, -0.1) is 0 Å². The molecule has 0 bridgehead atoms. The maximum atomic E-state index is 13.9. The number of phenols is 1. The van der Waals surface area contributed by atoms with Crippen LogP contribution in [0.4, 0.5) is 4.39 Å². The highest BCUT2D eigenvalue weighted by Gasteiger charge is 2.40. The SMILES string of the molecule is CCC1C=CC=CC1(c1ccncc1)c1cc(F)ccc1O. The molecule has 2 aromatic rings. The zero-order chi connectivity index (χ0) is 15.6. The summed E-state index contributed by atoms with van der Waals surface area (Å²) in [4.78, 5) is 4.08. The fourth-order valence-electron chi connectivity index (χ4n) is 3.36. The molecule has 112 valence electrons. The minimum atomic E-state index is -0.585. The fourth-order valence-corrected chi connectivity index (χ4v) is 3.36. The van der Waals surface area contributed by atoms with Crippen molar-refractivity contribution in [1.82, 2.24) is 4.98 Å². The van der Waals surface area contributed by atoms with Gasteiger partial charge >= 0.3 is 0 Å². The number of hydrogen-bond acceptors (Lipinski definition) is 2. The Morgan fingerprint density at radius 1 is 1.18 bits per heavy atom. The first-order valence-corrected chi connectivity index (χ1v) is 7.44. The number of nitrogens with zero attached hydrogens (tertiary/aromatic N) is 1. The van der Waals surface area contributed by atoms with Gasteiger partial charge in [0.15, 0.2) is 0 Å². The smallest absolute Gasteiger partial charge is 0.123 e. The molecule has 0 saturated carbocycles. The van der Waals surface area contributed by atoms with Crippen LogP contribution in [0.5, 0.6) is 5.75 Å². The molecule has 0 fully saturated rings. The summed E-state index contributed by atoms with van der Waals surface area (Å²) >= 11 is 0. The normalized spacial score (nSPS) is 23.6. The predicted molar refractivity (Wildman–Crippen MR) is 85.1 cm³/mol. The first kappa shape index (κ1) is 14.5. The molecule has 0 amide bonds. The molecule has 1 heterocycles. The summed E-state index contributed by atoms with van der Waals surface area (Å²) in [6.45, 7) is 2.10. The van der Waals surface area contributed by atoms with Crippen molar-refractivity contribution in [2.45, 2.75) is 18.8 Å². The quantitative estimate of drug-likeness (QED) is 0.912. The Kier molecular flexibility index (Phi) is 3.80. The molecule has 1 aliphatic rings. The Labute approximate surface area is 129 Å². The number of halogens is 1. The van der Waals surface area contributed by atoms with Gasteiger partial charge in [0.1, 0.15) is 11.6 Å². The van der Waals surface area contributed by atoms with Crippen LogP contribution in [0.2, 0.25) is 0 Å². The van der Waals surface area contributed by atoms with E-state index in [4.69, 9.17) is 0 Å². The standard InChI is InChI=1S/C19H18FNO/c1-2-14-5-3-4-10-19(14,15-8-11-21-12-9-15)17-13-16(20)6-7-18(17)22/h3-14,22H,2H2,1H3. The topological polar surface area (TPSA) is 33.1 Å². The lowest BCUT2D eigenvalue weighted by Crippen LogP contribution is -2.35. The van der Waals surface area contributed by atoms with E-state index in [-0.39, 0.29) is 17.5 Å². The summed E-state index contributed by atoms with van der Waals surface area (Å²) < 4.78 is 13.9. The summed E-state index contributed by atoms with van der Waals surface area (Å²) in [6, 6.07) is 7.99. The largest absolute Gasteiger partial charge is 0.508 e. The van der Waals surface area contributed by atoms with Gasteiger partial charge in [0.2, 0.25) is 0 Å². The van der Waals surface area contributed by atoms with Crippen molar-refractivity contribution < 1.29 is 9.50 Å². The van der Waals surface area contributed by atoms with Crippen LogP contribution < -0.4 is 0 Å². The Morgan fingerprint density at radius 2 is 1.95 bits per heavy atom. The van der Waals surface area contributed by atoms with Crippen LogP contribution in [0.1, 0.15) is 24.5 Å². The van der Waals surface area contributed by atoms with Crippen LogP contribution in [-0.2, 0) is 5.41 Å². The van der Waals surface area contributed by atoms with Gasteiger partial charge in [-0.3, -0.25) is 4.98 Å². The highest BCUT2D eigenvalue weighted by molar-refractivity contribution is 5.53. The van der Waals surface area contributed by atoms with E-state index >= 15 is 0 Å². The number of aromatic nitrogens is 1. The van der Waals surface area contributed by atoms with Crippen molar-refractivity contribution in [3.8, 4) is 5.75 Å². The van der Waals surface area contributed by atoms with Gasteiger partial charge in [0.05, 0.1) is 0 Å². The second-order valence-electron chi connectivity index (χ2n) is 5.53. The van der Waals surface area contributed by atoms with Gasteiger partial charge in [-0.1, -0.05) is 31.2 Å². The number of pyridine rings is 1. The highest BCUT2D eigenvalue weighted by Crippen LogP contribution is 2.47. The van der Waals surface area contributed by atoms with Crippen LogP contribution in [0, 0.1) is 11.7 Å². The molecular weight excluding hydrogens is 277 g/mol. The first-order chi connectivity index (χ1) is 10.7. The first-order valence-electron chi connectivity index (χ1n) is 7.44. The van der Waals surface area contributed by atoms with Crippen molar-refractivity contribution in [1.29, 1.82) is 0 Å². The fraction of sp³-hybridized carbons (Fsp3) is 0.211. The molecule has 2 atom stereocenters. The molecule has 2 nitrogen and oxygen atoms in total. The predicted octanol–water partition coefficient (Wildman–Crippen LogP) is 4.36. The summed E-state index contributed by atoms with van der Waals surface area (Å²) in [7, 11) is 0. The third-order valence-electron chi connectivity index (χ3n) is 4.40. The lowest BCUT2D eigenvalue weighted by atomic mass is 9.63. The maximum Gasteiger partial charge on any atom is 0.123 e. The summed E-state index contributed by atoms with van der Waals surface area (Å²) in [6.07, 6.45) is 12.5. The molecule has 3 rings (SSSR count). The number of phenolic OH excluding ortho intramolecular Hbond substituents is 1. The van der Waals surface area contributed by atoms with Crippen LogP contribution >= 0.6 is 0 Å². The zero-order valence-corrected chi connectivity index (χ0v) is 12.4. The van der Waals surface area contributed by atoms with Gasteiger partial charge in [0, 0.05) is 23.4 Å². The molecule has 22 heavy (non-hydrogen) atoms. The minimum Gasteiger partial charge on any atom is -0.508 e. The lowest BCUT2D eigenvalue weighted by Gasteiger charge is -2.39. The molecule has 0 saturated heterocycles. The van der Waals surface area contributed by atoms with Crippen LogP contribution in [0.15, 0.2) is 67.0 Å². The van der Waals surface area contributed by atoms with E-state index in [1.165, 1.54) is 18.2 Å². The molecular formula is C19H18FNO. The minimum absolute atomic E-state index is 0.108. The molecule has 2 unspecified atom stereocenters. The Morgan fingerprint density at radius 3 is 2.68 bits per heavy atom. The van der Waals surface area contributed by atoms with Crippen molar-refractivity contribution in [3.05, 3.63) is 84.0 Å². The average molecular weight is 295 g/mol. The van der Waals surface area contributed by atoms with E-state index in [0.717, 1.165) is 12.0 Å². The van der Waals surface area contributed by atoms with Crippen molar-refractivity contribution in [2.75, 3.05) is 0 Å². The summed E-state index contributed by atoms with van der Waals surface area (Å²) in [5, 5.41) is 10.4. The molecule has 0 aliphatic heterocycles. The van der Waals surface area contributed by atoms with Crippen LogP contribution in [-0.4, -0.2) is 10.1 Å². The number of allylic oxidation sites excluding steroid dienone is 4. The Bertz CT molecular complexity index is 723. The van der Waals surface area contributed by atoms with Gasteiger partial charge in [-0.2, -0.15) is 0 Å². The Balaban J connectivity index is 2.31. The van der Waals surface area contributed by atoms with Gasteiger partial charge < -0.3 is 5.11 Å². The molecule has 3 heteroatoms. The molecule has 1 aliphatic carbocycles. The number of rotatable bonds is 3.